The van der Waals surface area contributed by atoms with Crippen molar-refractivity contribution in [2.45, 2.75) is 25.9 Å². The van der Waals surface area contributed by atoms with Gasteiger partial charge < -0.3 is 19.8 Å². The van der Waals surface area contributed by atoms with Crippen LogP contribution in [0.15, 0.2) is 24.3 Å². The van der Waals surface area contributed by atoms with Crippen LogP contribution >= 0.6 is 0 Å². The highest BCUT2D eigenvalue weighted by molar-refractivity contribution is 5.88. The summed E-state index contributed by atoms with van der Waals surface area (Å²) in [6.45, 7) is 2.03. The quantitative estimate of drug-likeness (QED) is 0.838. The second-order valence-electron chi connectivity index (χ2n) is 5.08. The molecule has 2 aromatic rings. The van der Waals surface area contributed by atoms with Gasteiger partial charge in [-0.25, -0.2) is 0 Å². The van der Waals surface area contributed by atoms with Gasteiger partial charge in [0.1, 0.15) is 12.6 Å². The zero-order valence-corrected chi connectivity index (χ0v) is 13.0. The molecular weight excluding hydrogens is 284 g/mol. The summed E-state index contributed by atoms with van der Waals surface area (Å²) in [5.74, 6) is -0.781. The maximum atomic E-state index is 11.6. The number of hydrogen-bond donors (Lipinski definition) is 1. The van der Waals surface area contributed by atoms with E-state index in [1.165, 1.54) is 14.2 Å². The van der Waals surface area contributed by atoms with Crippen LogP contribution in [0.3, 0.4) is 0 Å². The molecule has 0 spiro atoms. The molecule has 0 radical (unpaired) electrons. The molecule has 22 heavy (non-hydrogen) atoms. The molecule has 0 amide bonds. The summed E-state index contributed by atoms with van der Waals surface area (Å²) in [5.41, 5.74) is 8.63. The van der Waals surface area contributed by atoms with Gasteiger partial charge in [-0.15, -0.1) is 0 Å². The molecule has 1 heterocycles. The normalized spacial score (nSPS) is 12.2. The Labute approximate surface area is 128 Å². The van der Waals surface area contributed by atoms with Gasteiger partial charge >= 0.3 is 11.9 Å². The fourth-order valence-corrected chi connectivity index (χ4v) is 2.61. The third kappa shape index (κ3) is 2.96. The highest BCUT2D eigenvalue weighted by Gasteiger charge is 2.21. The number of benzene rings is 1. The van der Waals surface area contributed by atoms with E-state index < -0.39 is 12.0 Å². The number of aromatic nitrogens is 1. The third-order valence-corrected chi connectivity index (χ3v) is 3.80. The number of methoxy groups -OCH3 is 2. The smallest absolute Gasteiger partial charge is 0.325 e. The van der Waals surface area contributed by atoms with Gasteiger partial charge in [-0.1, -0.05) is 18.2 Å². The molecule has 2 rings (SSSR count). The number of carbonyl (C=O) groups excluding carboxylic acids is 2. The van der Waals surface area contributed by atoms with Gasteiger partial charge in [0.05, 0.1) is 14.2 Å². The van der Waals surface area contributed by atoms with Crippen molar-refractivity contribution in [2.24, 2.45) is 5.73 Å². The van der Waals surface area contributed by atoms with Crippen molar-refractivity contribution in [1.82, 2.24) is 4.57 Å². The van der Waals surface area contributed by atoms with Gasteiger partial charge in [0, 0.05) is 23.0 Å². The molecule has 1 aromatic heterocycles. The highest BCUT2D eigenvalue weighted by Crippen LogP contribution is 2.27. The lowest BCUT2D eigenvalue weighted by molar-refractivity contribution is -0.142. The summed E-state index contributed by atoms with van der Waals surface area (Å²) < 4.78 is 11.3. The summed E-state index contributed by atoms with van der Waals surface area (Å²) in [4.78, 5) is 23.2. The maximum Gasteiger partial charge on any atom is 0.325 e. The minimum atomic E-state index is -0.735. The SMILES string of the molecule is COC(=O)Cn1c(C)c(CC(N)C(=O)OC)c2ccccc21. The number of para-hydroxylation sites is 1. The average molecular weight is 304 g/mol. The molecule has 0 saturated carbocycles. The number of fused-ring (bicyclic) bond motifs is 1. The fourth-order valence-electron chi connectivity index (χ4n) is 2.61. The molecule has 1 aromatic carbocycles. The van der Waals surface area contributed by atoms with Crippen molar-refractivity contribution in [1.29, 1.82) is 0 Å². The van der Waals surface area contributed by atoms with Crippen LogP contribution < -0.4 is 5.73 Å². The standard InChI is InChI=1S/C16H20N2O4/c1-10-12(8-13(17)16(20)22-3)11-6-4-5-7-14(11)18(10)9-15(19)21-2/h4-7,13H,8-9,17H2,1-3H3. The molecule has 0 aliphatic heterocycles. The first-order valence-corrected chi connectivity index (χ1v) is 6.96. The Balaban J connectivity index is 2.48. The number of nitrogens with two attached hydrogens (primary N) is 1. The lowest BCUT2D eigenvalue weighted by Gasteiger charge is -2.10. The summed E-state index contributed by atoms with van der Waals surface area (Å²) in [5, 5.41) is 0.975. The molecular formula is C16H20N2O4. The molecule has 118 valence electrons. The van der Waals surface area contributed by atoms with Crippen LogP contribution in [-0.4, -0.2) is 36.8 Å². The number of nitrogens with zero attached hydrogens (tertiary/aromatic N) is 1. The largest absolute Gasteiger partial charge is 0.468 e. The van der Waals surface area contributed by atoms with Crippen molar-refractivity contribution in [3.05, 3.63) is 35.5 Å². The Morgan fingerprint density at radius 2 is 1.91 bits per heavy atom. The topological polar surface area (TPSA) is 83.5 Å². The van der Waals surface area contributed by atoms with Crippen molar-refractivity contribution in [3.8, 4) is 0 Å². The summed E-state index contributed by atoms with van der Waals surface area (Å²) in [6, 6.07) is 6.96. The second kappa shape index (κ2) is 6.62. The lowest BCUT2D eigenvalue weighted by Crippen LogP contribution is -2.33. The Hall–Kier alpha value is -2.34. The first kappa shape index (κ1) is 16.0. The fraction of sp³-hybridized carbons (Fsp3) is 0.375. The van der Waals surface area contributed by atoms with Crippen molar-refractivity contribution in [3.63, 3.8) is 0 Å². The van der Waals surface area contributed by atoms with Crippen LogP contribution in [0, 0.1) is 6.92 Å². The molecule has 0 aliphatic rings. The van der Waals surface area contributed by atoms with Gasteiger partial charge in [0.25, 0.3) is 0 Å². The Morgan fingerprint density at radius 1 is 1.23 bits per heavy atom. The lowest BCUT2D eigenvalue weighted by atomic mass is 10.0. The Bertz CT molecular complexity index is 705. The van der Waals surface area contributed by atoms with E-state index in [0.717, 1.165) is 22.2 Å². The zero-order chi connectivity index (χ0) is 16.3. The monoisotopic (exact) mass is 304 g/mol. The predicted molar refractivity (Wildman–Crippen MR) is 82.4 cm³/mol. The molecule has 0 fully saturated rings. The molecule has 6 nitrogen and oxygen atoms in total. The number of hydrogen-bond acceptors (Lipinski definition) is 5. The van der Waals surface area contributed by atoms with E-state index in [1.807, 2.05) is 35.8 Å². The van der Waals surface area contributed by atoms with Crippen LogP contribution in [0.2, 0.25) is 0 Å². The van der Waals surface area contributed by atoms with E-state index in [1.54, 1.807) is 0 Å². The first-order valence-electron chi connectivity index (χ1n) is 6.96. The molecule has 0 bridgehead atoms. The van der Waals surface area contributed by atoms with E-state index in [9.17, 15) is 9.59 Å². The molecule has 6 heteroatoms. The van der Waals surface area contributed by atoms with Crippen LogP contribution in [0.4, 0.5) is 0 Å². The highest BCUT2D eigenvalue weighted by atomic mass is 16.5. The maximum absolute atomic E-state index is 11.6. The zero-order valence-electron chi connectivity index (χ0n) is 13.0. The van der Waals surface area contributed by atoms with Crippen molar-refractivity contribution < 1.29 is 19.1 Å². The average Bonchev–Trinajstić information content (AvgIpc) is 2.79. The van der Waals surface area contributed by atoms with Crippen LogP contribution in [0.1, 0.15) is 11.3 Å². The first-order chi connectivity index (χ1) is 10.5. The van der Waals surface area contributed by atoms with E-state index >= 15 is 0 Å². The number of ether oxygens (including phenoxy) is 2. The van der Waals surface area contributed by atoms with Crippen LogP contribution in [-0.2, 0) is 32.0 Å². The predicted octanol–water partition coefficient (Wildman–Crippen LogP) is 1.17. The molecule has 1 unspecified atom stereocenters. The Morgan fingerprint density at radius 3 is 2.55 bits per heavy atom. The van der Waals surface area contributed by atoms with Crippen molar-refractivity contribution >= 4 is 22.8 Å². The second-order valence-corrected chi connectivity index (χ2v) is 5.08. The van der Waals surface area contributed by atoms with Gasteiger partial charge in [0.15, 0.2) is 0 Å². The number of carbonyl (C=O) groups is 2. The summed E-state index contributed by atoms with van der Waals surface area (Å²) in [6.07, 6.45) is 0.354. The summed E-state index contributed by atoms with van der Waals surface area (Å²) >= 11 is 0. The third-order valence-electron chi connectivity index (χ3n) is 3.80. The van der Waals surface area contributed by atoms with Crippen LogP contribution in [0.25, 0.3) is 10.9 Å². The minimum Gasteiger partial charge on any atom is -0.468 e. The Kier molecular flexibility index (Phi) is 4.82. The van der Waals surface area contributed by atoms with E-state index in [0.29, 0.717) is 6.42 Å². The molecule has 1 atom stereocenters. The van der Waals surface area contributed by atoms with Gasteiger partial charge in [-0.05, 0) is 18.6 Å². The number of rotatable bonds is 5. The molecule has 0 saturated heterocycles. The minimum absolute atomic E-state index is 0.121. The summed E-state index contributed by atoms with van der Waals surface area (Å²) in [7, 11) is 2.67. The van der Waals surface area contributed by atoms with E-state index in [-0.39, 0.29) is 12.5 Å². The van der Waals surface area contributed by atoms with Crippen LogP contribution in [0.5, 0.6) is 0 Å². The van der Waals surface area contributed by atoms with Gasteiger partial charge in [-0.3, -0.25) is 9.59 Å². The van der Waals surface area contributed by atoms with Crippen molar-refractivity contribution in [2.75, 3.05) is 14.2 Å². The van der Waals surface area contributed by atoms with Gasteiger partial charge in [-0.2, -0.15) is 0 Å². The molecule has 0 aliphatic carbocycles. The van der Waals surface area contributed by atoms with Gasteiger partial charge in [0.2, 0.25) is 0 Å². The molecule has 2 N–H and O–H groups in total. The number of esters is 2. The van der Waals surface area contributed by atoms with E-state index in [4.69, 9.17) is 10.5 Å². The van der Waals surface area contributed by atoms with E-state index in [2.05, 4.69) is 4.74 Å².